The minimum atomic E-state index is -0.00921. The summed E-state index contributed by atoms with van der Waals surface area (Å²) in [5.41, 5.74) is 1.32. The molecule has 1 aromatic rings. The van der Waals surface area contributed by atoms with E-state index in [0.717, 1.165) is 37.9 Å². The fraction of sp³-hybridized carbons (Fsp3) is 0.588. The van der Waals surface area contributed by atoms with Gasteiger partial charge in [-0.05, 0) is 49.8 Å². The Bertz CT molecular complexity index is 388. The number of ether oxygens (including phenoxy) is 1. The highest BCUT2D eigenvalue weighted by Crippen LogP contribution is 2.38. The van der Waals surface area contributed by atoms with E-state index in [1.165, 1.54) is 31.1 Å². The molecule has 0 heterocycles. The SMILES string of the molecule is COc1ccc(CCCC2(C=O)CCCCC2)cc1. The van der Waals surface area contributed by atoms with Gasteiger partial charge in [0.1, 0.15) is 12.0 Å². The van der Waals surface area contributed by atoms with Crippen molar-refractivity contribution in [3.63, 3.8) is 0 Å². The molecule has 0 atom stereocenters. The van der Waals surface area contributed by atoms with Crippen molar-refractivity contribution in [3.05, 3.63) is 29.8 Å². The Labute approximate surface area is 116 Å². The summed E-state index contributed by atoms with van der Waals surface area (Å²) in [5, 5.41) is 0. The number of hydrogen-bond acceptors (Lipinski definition) is 2. The lowest BCUT2D eigenvalue weighted by Gasteiger charge is -2.32. The molecular weight excluding hydrogens is 236 g/mol. The van der Waals surface area contributed by atoms with Gasteiger partial charge in [0.2, 0.25) is 0 Å². The summed E-state index contributed by atoms with van der Waals surface area (Å²) < 4.78 is 5.16. The first kappa shape index (κ1) is 14.1. The van der Waals surface area contributed by atoms with E-state index < -0.39 is 0 Å². The third-order valence-electron chi connectivity index (χ3n) is 4.40. The van der Waals surface area contributed by atoms with Gasteiger partial charge >= 0.3 is 0 Å². The van der Waals surface area contributed by atoms with Crippen LogP contribution in [0.1, 0.15) is 50.5 Å². The van der Waals surface area contributed by atoms with Crippen LogP contribution < -0.4 is 4.74 Å². The molecule has 2 rings (SSSR count). The molecule has 1 fully saturated rings. The largest absolute Gasteiger partial charge is 0.497 e. The highest BCUT2D eigenvalue weighted by atomic mass is 16.5. The molecule has 0 radical (unpaired) electrons. The Kier molecular flexibility index (Phi) is 5.00. The number of carbonyl (C=O) groups is 1. The maximum Gasteiger partial charge on any atom is 0.126 e. The van der Waals surface area contributed by atoms with Crippen molar-refractivity contribution in [2.45, 2.75) is 51.4 Å². The van der Waals surface area contributed by atoms with Gasteiger partial charge < -0.3 is 9.53 Å². The summed E-state index contributed by atoms with van der Waals surface area (Å²) in [6, 6.07) is 8.25. The Morgan fingerprint density at radius 2 is 1.84 bits per heavy atom. The number of methoxy groups -OCH3 is 1. The molecule has 1 aliphatic rings. The Hall–Kier alpha value is -1.31. The Morgan fingerprint density at radius 1 is 1.16 bits per heavy atom. The van der Waals surface area contributed by atoms with Crippen molar-refractivity contribution in [2.75, 3.05) is 7.11 Å². The van der Waals surface area contributed by atoms with Gasteiger partial charge in [-0.15, -0.1) is 0 Å². The van der Waals surface area contributed by atoms with Crippen LogP contribution in [0.25, 0.3) is 0 Å². The van der Waals surface area contributed by atoms with Gasteiger partial charge in [-0.1, -0.05) is 31.4 Å². The first-order chi connectivity index (χ1) is 9.28. The first-order valence-electron chi connectivity index (χ1n) is 7.37. The minimum absolute atomic E-state index is 0.00921. The smallest absolute Gasteiger partial charge is 0.126 e. The van der Waals surface area contributed by atoms with Crippen molar-refractivity contribution < 1.29 is 9.53 Å². The summed E-state index contributed by atoms with van der Waals surface area (Å²) in [6.45, 7) is 0. The lowest BCUT2D eigenvalue weighted by molar-refractivity contribution is -0.118. The van der Waals surface area contributed by atoms with Gasteiger partial charge in [0, 0.05) is 5.41 Å². The maximum absolute atomic E-state index is 11.4. The van der Waals surface area contributed by atoms with Gasteiger partial charge in [0.25, 0.3) is 0 Å². The highest BCUT2D eigenvalue weighted by molar-refractivity contribution is 5.59. The summed E-state index contributed by atoms with van der Waals surface area (Å²) in [6.07, 6.45) is 10.4. The molecule has 0 spiro atoms. The molecule has 2 nitrogen and oxygen atoms in total. The number of carbonyl (C=O) groups excluding carboxylic acids is 1. The lowest BCUT2D eigenvalue weighted by Crippen LogP contribution is -2.25. The Balaban J connectivity index is 1.82. The fourth-order valence-electron chi connectivity index (χ4n) is 3.12. The van der Waals surface area contributed by atoms with Gasteiger partial charge in [-0.3, -0.25) is 0 Å². The van der Waals surface area contributed by atoms with Gasteiger partial charge in [0.05, 0.1) is 7.11 Å². The van der Waals surface area contributed by atoms with Crippen LogP contribution in [0.3, 0.4) is 0 Å². The van der Waals surface area contributed by atoms with E-state index in [4.69, 9.17) is 4.74 Å². The van der Waals surface area contributed by atoms with Crippen molar-refractivity contribution >= 4 is 6.29 Å². The molecule has 19 heavy (non-hydrogen) atoms. The van der Waals surface area contributed by atoms with Crippen LogP contribution in [-0.2, 0) is 11.2 Å². The zero-order valence-electron chi connectivity index (χ0n) is 11.9. The third kappa shape index (κ3) is 3.82. The predicted molar refractivity (Wildman–Crippen MR) is 77.5 cm³/mol. The second kappa shape index (κ2) is 6.74. The number of benzene rings is 1. The van der Waals surface area contributed by atoms with E-state index >= 15 is 0 Å². The van der Waals surface area contributed by atoms with E-state index in [1.54, 1.807) is 7.11 Å². The zero-order valence-corrected chi connectivity index (χ0v) is 11.9. The molecule has 2 heteroatoms. The normalized spacial score (nSPS) is 17.9. The quantitative estimate of drug-likeness (QED) is 0.718. The topological polar surface area (TPSA) is 26.3 Å². The van der Waals surface area contributed by atoms with E-state index in [-0.39, 0.29) is 5.41 Å². The van der Waals surface area contributed by atoms with Crippen molar-refractivity contribution in [1.29, 1.82) is 0 Å². The van der Waals surface area contributed by atoms with Crippen LogP contribution in [0.5, 0.6) is 5.75 Å². The van der Waals surface area contributed by atoms with Crippen LogP contribution >= 0.6 is 0 Å². The average Bonchev–Trinajstić information content (AvgIpc) is 2.49. The molecule has 1 aliphatic carbocycles. The van der Waals surface area contributed by atoms with Crippen LogP contribution in [0.2, 0.25) is 0 Å². The molecule has 0 amide bonds. The highest BCUT2D eigenvalue weighted by Gasteiger charge is 2.30. The number of aldehydes is 1. The molecule has 0 N–H and O–H groups in total. The molecule has 104 valence electrons. The second-order valence-electron chi connectivity index (χ2n) is 5.74. The molecule has 1 saturated carbocycles. The average molecular weight is 260 g/mol. The van der Waals surface area contributed by atoms with E-state index in [9.17, 15) is 4.79 Å². The standard InChI is InChI=1S/C17H24O2/c1-19-16-9-7-15(8-10-16)6-5-13-17(14-18)11-3-2-4-12-17/h7-10,14H,2-6,11-13H2,1H3. The van der Waals surface area contributed by atoms with Crippen molar-refractivity contribution in [1.82, 2.24) is 0 Å². The predicted octanol–water partition coefficient (Wildman–Crippen LogP) is 4.17. The number of rotatable bonds is 6. The number of hydrogen-bond donors (Lipinski definition) is 0. The van der Waals surface area contributed by atoms with E-state index in [1.807, 2.05) is 12.1 Å². The molecular formula is C17H24O2. The van der Waals surface area contributed by atoms with Crippen LogP contribution in [0.15, 0.2) is 24.3 Å². The first-order valence-corrected chi connectivity index (χ1v) is 7.37. The van der Waals surface area contributed by atoms with Gasteiger partial charge in [-0.25, -0.2) is 0 Å². The second-order valence-corrected chi connectivity index (χ2v) is 5.74. The molecule has 0 unspecified atom stereocenters. The van der Waals surface area contributed by atoms with Crippen LogP contribution in [0, 0.1) is 5.41 Å². The maximum atomic E-state index is 11.4. The fourth-order valence-corrected chi connectivity index (χ4v) is 3.12. The van der Waals surface area contributed by atoms with Crippen molar-refractivity contribution in [2.24, 2.45) is 5.41 Å². The van der Waals surface area contributed by atoms with Crippen LogP contribution in [-0.4, -0.2) is 13.4 Å². The molecule has 0 aromatic heterocycles. The van der Waals surface area contributed by atoms with E-state index in [2.05, 4.69) is 12.1 Å². The van der Waals surface area contributed by atoms with Crippen LogP contribution in [0.4, 0.5) is 0 Å². The lowest BCUT2D eigenvalue weighted by atomic mass is 9.72. The summed E-state index contributed by atoms with van der Waals surface area (Å²) in [5.74, 6) is 0.903. The number of aryl methyl sites for hydroxylation is 1. The molecule has 0 aliphatic heterocycles. The summed E-state index contributed by atoms with van der Waals surface area (Å²) >= 11 is 0. The molecule has 1 aromatic carbocycles. The molecule has 0 bridgehead atoms. The Morgan fingerprint density at radius 3 is 2.42 bits per heavy atom. The molecule has 0 saturated heterocycles. The zero-order chi connectivity index (χ0) is 13.6. The third-order valence-corrected chi connectivity index (χ3v) is 4.40. The monoisotopic (exact) mass is 260 g/mol. The van der Waals surface area contributed by atoms with Gasteiger partial charge in [0.15, 0.2) is 0 Å². The summed E-state index contributed by atoms with van der Waals surface area (Å²) in [4.78, 5) is 11.4. The minimum Gasteiger partial charge on any atom is -0.497 e. The van der Waals surface area contributed by atoms with E-state index in [0.29, 0.717) is 0 Å². The summed E-state index contributed by atoms with van der Waals surface area (Å²) in [7, 11) is 1.69. The van der Waals surface area contributed by atoms with Crippen molar-refractivity contribution in [3.8, 4) is 5.75 Å². The van der Waals surface area contributed by atoms with Gasteiger partial charge in [-0.2, -0.15) is 0 Å².